The van der Waals surface area contributed by atoms with Gasteiger partial charge in [-0.15, -0.1) is 0 Å². The average molecular weight is 218 g/mol. The Morgan fingerprint density at radius 3 is 2.94 bits per heavy atom. The number of hydrogen-bond donors (Lipinski definition) is 1. The molecule has 1 aromatic carbocycles. The van der Waals surface area contributed by atoms with Gasteiger partial charge in [-0.3, -0.25) is 0 Å². The Morgan fingerprint density at radius 2 is 2.19 bits per heavy atom. The zero-order chi connectivity index (χ0) is 11.4. The Kier molecular flexibility index (Phi) is 3.83. The van der Waals surface area contributed by atoms with Gasteiger partial charge < -0.3 is 10.2 Å². The van der Waals surface area contributed by atoms with Crippen molar-refractivity contribution in [2.45, 2.75) is 26.3 Å². The third-order valence-electron chi connectivity index (χ3n) is 3.36. The van der Waals surface area contributed by atoms with E-state index in [0.29, 0.717) is 0 Å². The van der Waals surface area contributed by atoms with Crippen LogP contribution in [0, 0.1) is 5.92 Å². The lowest BCUT2D eigenvalue weighted by Crippen LogP contribution is -2.35. The summed E-state index contributed by atoms with van der Waals surface area (Å²) in [6, 6.07) is 8.76. The molecule has 0 spiro atoms. The van der Waals surface area contributed by atoms with E-state index >= 15 is 0 Å². The minimum atomic E-state index is 0.830. The molecule has 0 aliphatic carbocycles. The van der Waals surface area contributed by atoms with Gasteiger partial charge in [-0.05, 0) is 37.4 Å². The highest BCUT2D eigenvalue weighted by Gasteiger charge is 2.18. The van der Waals surface area contributed by atoms with E-state index in [0.717, 1.165) is 12.5 Å². The van der Waals surface area contributed by atoms with E-state index < -0.39 is 0 Å². The topological polar surface area (TPSA) is 15.3 Å². The van der Waals surface area contributed by atoms with Crippen LogP contribution in [0.25, 0.3) is 0 Å². The zero-order valence-electron chi connectivity index (χ0n) is 10.4. The monoisotopic (exact) mass is 218 g/mol. The fourth-order valence-corrected chi connectivity index (χ4v) is 2.57. The molecule has 1 heterocycles. The number of piperidine rings is 1. The predicted octanol–water partition coefficient (Wildman–Crippen LogP) is 2.64. The Morgan fingerprint density at radius 1 is 1.38 bits per heavy atom. The van der Waals surface area contributed by atoms with Crippen LogP contribution in [0.5, 0.6) is 0 Å². The standard InChI is InChI=1S/C14H22N2/c1-12-6-5-9-16(11-12)14-8-4-3-7-13(14)10-15-2/h3-4,7-8,12,15H,5-6,9-11H2,1-2H3. The largest absolute Gasteiger partial charge is 0.371 e. The summed E-state index contributed by atoms with van der Waals surface area (Å²) in [5.74, 6) is 0.830. The van der Waals surface area contributed by atoms with Gasteiger partial charge in [0.2, 0.25) is 0 Å². The van der Waals surface area contributed by atoms with Crippen molar-refractivity contribution >= 4 is 5.69 Å². The molecule has 16 heavy (non-hydrogen) atoms. The summed E-state index contributed by atoms with van der Waals surface area (Å²) in [5, 5.41) is 3.25. The maximum Gasteiger partial charge on any atom is 0.0411 e. The molecular formula is C14H22N2. The maximum atomic E-state index is 3.25. The molecule has 88 valence electrons. The van der Waals surface area contributed by atoms with Crippen LogP contribution in [0.3, 0.4) is 0 Å². The Bertz CT molecular complexity index is 335. The van der Waals surface area contributed by atoms with Gasteiger partial charge in [-0.25, -0.2) is 0 Å². The number of hydrogen-bond acceptors (Lipinski definition) is 2. The van der Waals surface area contributed by atoms with Crippen molar-refractivity contribution in [3.8, 4) is 0 Å². The summed E-state index contributed by atoms with van der Waals surface area (Å²) >= 11 is 0. The van der Waals surface area contributed by atoms with Crippen molar-refractivity contribution in [3.63, 3.8) is 0 Å². The summed E-state index contributed by atoms with van der Waals surface area (Å²) in [5.41, 5.74) is 2.84. The van der Waals surface area contributed by atoms with Gasteiger partial charge in [0.05, 0.1) is 0 Å². The molecule has 2 heteroatoms. The van der Waals surface area contributed by atoms with E-state index in [2.05, 4.69) is 41.4 Å². The molecule has 0 bridgehead atoms. The number of para-hydroxylation sites is 1. The lowest BCUT2D eigenvalue weighted by Gasteiger charge is -2.34. The van der Waals surface area contributed by atoms with Crippen molar-refractivity contribution in [1.82, 2.24) is 5.32 Å². The van der Waals surface area contributed by atoms with Crippen LogP contribution in [0.15, 0.2) is 24.3 Å². The van der Waals surface area contributed by atoms with Crippen molar-refractivity contribution in [1.29, 1.82) is 0 Å². The molecule has 1 unspecified atom stereocenters. The van der Waals surface area contributed by atoms with Crippen LogP contribution in [0.4, 0.5) is 5.69 Å². The molecule has 1 atom stereocenters. The second-order valence-electron chi connectivity index (χ2n) is 4.85. The van der Waals surface area contributed by atoms with Gasteiger partial charge in [0, 0.05) is 25.3 Å². The highest BCUT2D eigenvalue weighted by Crippen LogP contribution is 2.25. The second kappa shape index (κ2) is 5.35. The molecule has 1 N–H and O–H groups in total. The van der Waals surface area contributed by atoms with Crippen molar-refractivity contribution in [2.75, 3.05) is 25.0 Å². The highest BCUT2D eigenvalue weighted by molar-refractivity contribution is 5.53. The van der Waals surface area contributed by atoms with Gasteiger partial charge in [0.15, 0.2) is 0 Å². The molecule has 0 aromatic heterocycles. The van der Waals surface area contributed by atoms with E-state index in [1.54, 1.807) is 0 Å². The quantitative estimate of drug-likeness (QED) is 0.839. The smallest absolute Gasteiger partial charge is 0.0411 e. The van der Waals surface area contributed by atoms with Crippen molar-refractivity contribution < 1.29 is 0 Å². The van der Waals surface area contributed by atoms with E-state index in [9.17, 15) is 0 Å². The van der Waals surface area contributed by atoms with Gasteiger partial charge in [-0.2, -0.15) is 0 Å². The lowest BCUT2D eigenvalue weighted by atomic mass is 9.99. The first-order chi connectivity index (χ1) is 7.81. The van der Waals surface area contributed by atoms with E-state index in [1.807, 2.05) is 7.05 Å². The summed E-state index contributed by atoms with van der Waals surface area (Å²) in [7, 11) is 2.01. The Labute approximate surface area is 98.7 Å². The molecule has 1 fully saturated rings. The van der Waals surface area contributed by atoms with Crippen LogP contribution in [0.2, 0.25) is 0 Å². The third kappa shape index (κ3) is 2.56. The molecule has 2 nitrogen and oxygen atoms in total. The average Bonchev–Trinajstić information content (AvgIpc) is 2.30. The number of anilines is 1. The van der Waals surface area contributed by atoms with Gasteiger partial charge >= 0.3 is 0 Å². The molecule has 0 saturated carbocycles. The first-order valence-electron chi connectivity index (χ1n) is 6.28. The SMILES string of the molecule is CNCc1ccccc1N1CCCC(C)C1. The van der Waals surface area contributed by atoms with E-state index in [-0.39, 0.29) is 0 Å². The second-order valence-corrected chi connectivity index (χ2v) is 4.85. The van der Waals surface area contributed by atoms with Crippen LogP contribution in [0.1, 0.15) is 25.3 Å². The van der Waals surface area contributed by atoms with Gasteiger partial charge in [-0.1, -0.05) is 25.1 Å². The number of benzene rings is 1. The molecule has 1 aliphatic heterocycles. The van der Waals surface area contributed by atoms with Crippen LogP contribution >= 0.6 is 0 Å². The molecule has 1 aromatic rings. The minimum Gasteiger partial charge on any atom is -0.371 e. The van der Waals surface area contributed by atoms with E-state index in [1.165, 1.54) is 37.2 Å². The number of nitrogens with zero attached hydrogens (tertiary/aromatic N) is 1. The summed E-state index contributed by atoms with van der Waals surface area (Å²) in [4.78, 5) is 2.54. The Balaban J connectivity index is 2.17. The lowest BCUT2D eigenvalue weighted by molar-refractivity contribution is 0.446. The maximum absolute atomic E-state index is 3.25. The first kappa shape index (κ1) is 11.5. The summed E-state index contributed by atoms with van der Waals surface area (Å²) in [6.45, 7) is 5.74. The minimum absolute atomic E-state index is 0.830. The molecular weight excluding hydrogens is 196 g/mol. The van der Waals surface area contributed by atoms with Gasteiger partial charge in [0.25, 0.3) is 0 Å². The summed E-state index contributed by atoms with van der Waals surface area (Å²) < 4.78 is 0. The zero-order valence-corrected chi connectivity index (χ0v) is 10.4. The molecule has 0 amide bonds. The fraction of sp³-hybridized carbons (Fsp3) is 0.571. The number of rotatable bonds is 3. The molecule has 0 radical (unpaired) electrons. The number of nitrogens with one attached hydrogen (secondary N) is 1. The highest BCUT2D eigenvalue weighted by atomic mass is 15.1. The fourth-order valence-electron chi connectivity index (χ4n) is 2.57. The van der Waals surface area contributed by atoms with Gasteiger partial charge in [0.1, 0.15) is 0 Å². The predicted molar refractivity (Wildman–Crippen MR) is 69.8 cm³/mol. The third-order valence-corrected chi connectivity index (χ3v) is 3.36. The molecule has 1 aliphatic rings. The summed E-state index contributed by atoms with van der Waals surface area (Å²) in [6.07, 6.45) is 2.71. The van der Waals surface area contributed by atoms with Crippen molar-refractivity contribution in [3.05, 3.63) is 29.8 Å². The van der Waals surface area contributed by atoms with Crippen LogP contribution < -0.4 is 10.2 Å². The van der Waals surface area contributed by atoms with Crippen LogP contribution in [-0.2, 0) is 6.54 Å². The van der Waals surface area contributed by atoms with E-state index in [4.69, 9.17) is 0 Å². The van der Waals surface area contributed by atoms with Crippen LogP contribution in [-0.4, -0.2) is 20.1 Å². The first-order valence-corrected chi connectivity index (χ1v) is 6.28. The Hall–Kier alpha value is -1.02. The molecule has 1 saturated heterocycles. The van der Waals surface area contributed by atoms with Crippen molar-refractivity contribution in [2.24, 2.45) is 5.92 Å². The normalized spacial score (nSPS) is 21.1. The molecule has 2 rings (SSSR count).